The highest BCUT2D eigenvalue weighted by Gasteiger charge is 2.43. The van der Waals surface area contributed by atoms with E-state index >= 15 is 0 Å². The van der Waals surface area contributed by atoms with Crippen molar-refractivity contribution in [3.8, 4) is 0 Å². The number of halogens is 1. The number of carboxylic acids is 1. The highest BCUT2D eigenvalue weighted by molar-refractivity contribution is 6.30. The molecule has 108 valence electrons. The number of rotatable bonds is 4. The maximum atomic E-state index is 11.4. The van der Waals surface area contributed by atoms with Crippen molar-refractivity contribution in [1.82, 2.24) is 4.90 Å². The van der Waals surface area contributed by atoms with Crippen LogP contribution in [0.3, 0.4) is 0 Å². The van der Waals surface area contributed by atoms with Gasteiger partial charge >= 0.3 is 5.97 Å². The minimum Gasteiger partial charge on any atom is -0.480 e. The van der Waals surface area contributed by atoms with E-state index in [2.05, 4.69) is 0 Å². The maximum Gasteiger partial charge on any atom is 0.323 e. The maximum absolute atomic E-state index is 11.4. The van der Waals surface area contributed by atoms with Gasteiger partial charge in [0.05, 0.1) is 4.92 Å². The van der Waals surface area contributed by atoms with Crippen molar-refractivity contribution >= 4 is 23.3 Å². The van der Waals surface area contributed by atoms with Crippen molar-refractivity contribution in [1.29, 1.82) is 0 Å². The molecule has 7 heteroatoms. The second-order valence-electron chi connectivity index (χ2n) is 5.13. The molecule has 1 fully saturated rings. The normalized spacial score (nSPS) is 22.9. The van der Waals surface area contributed by atoms with E-state index in [-0.39, 0.29) is 12.2 Å². The lowest BCUT2D eigenvalue weighted by molar-refractivity contribution is -0.385. The van der Waals surface area contributed by atoms with E-state index in [1.165, 1.54) is 18.2 Å². The number of benzene rings is 1. The van der Waals surface area contributed by atoms with E-state index in [1.807, 2.05) is 0 Å². The molecular formula is C13H15ClN2O4. The van der Waals surface area contributed by atoms with E-state index in [0.29, 0.717) is 23.6 Å². The fraction of sp³-hybridized carbons (Fsp3) is 0.462. The number of hydrogen-bond donors (Lipinski definition) is 1. The Hall–Kier alpha value is -1.66. The molecule has 0 spiro atoms. The molecule has 0 saturated carbocycles. The van der Waals surface area contributed by atoms with Crippen LogP contribution in [0.1, 0.15) is 25.3 Å². The molecule has 1 atom stereocenters. The first-order chi connectivity index (χ1) is 9.34. The molecule has 0 radical (unpaired) electrons. The van der Waals surface area contributed by atoms with Gasteiger partial charge in [0.15, 0.2) is 0 Å². The molecule has 1 unspecified atom stereocenters. The number of nitro benzene ring substituents is 1. The van der Waals surface area contributed by atoms with E-state index in [0.717, 1.165) is 6.42 Å². The van der Waals surface area contributed by atoms with Gasteiger partial charge in [-0.3, -0.25) is 19.8 Å². The van der Waals surface area contributed by atoms with Crippen LogP contribution in [0.25, 0.3) is 0 Å². The molecular weight excluding hydrogens is 284 g/mol. The third-order valence-corrected chi connectivity index (χ3v) is 4.08. The van der Waals surface area contributed by atoms with Gasteiger partial charge in [-0.15, -0.1) is 0 Å². The molecule has 1 aromatic carbocycles. The summed E-state index contributed by atoms with van der Waals surface area (Å²) >= 11 is 5.88. The standard InChI is InChI=1S/C13H15ClN2O4/c1-13(12(17)18)5-2-6-15(13)8-9-7-10(14)3-4-11(9)16(19)20/h3-4,7H,2,5-6,8H2,1H3,(H,17,18). The predicted octanol–water partition coefficient (Wildman–Crippen LogP) is 2.69. The molecule has 1 heterocycles. The summed E-state index contributed by atoms with van der Waals surface area (Å²) in [5, 5.41) is 20.8. The molecule has 1 aromatic rings. The first kappa shape index (κ1) is 14.7. The Morgan fingerprint density at radius 1 is 1.60 bits per heavy atom. The molecule has 2 rings (SSSR count). The Kier molecular flexibility index (Phi) is 3.96. The first-order valence-corrected chi connectivity index (χ1v) is 6.63. The van der Waals surface area contributed by atoms with Crippen molar-refractivity contribution in [3.05, 3.63) is 38.9 Å². The number of likely N-dealkylation sites (tertiary alicyclic amines) is 1. The topological polar surface area (TPSA) is 83.7 Å². The quantitative estimate of drug-likeness (QED) is 0.682. The molecule has 0 bridgehead atoms. The monoisotopic (exact) mass is 298 g/mol. The third kappa shape index (κ3) is 2.62. The highest BCUT2D eigenvalue weighted by Crippen LogP contribution is 2.33. The van der Waals surface area contributed by atoms with E-state index in [4.69, 9.17) is 11.6 Å². The van der Waals surface area contributed by atoms with Crippen LogP contribution in [-0.4, -0.2) is 33.0 Å². The van der Waals surface area contributed by atoms with Crippen LogP contribution >= 0.6 is 11.6 Å². The molecule has 20 heavy (non-hydrogen) atoms. The van der Waals surface area contributed by atoms with Gasteiger partial charge in [-0.05, 0) is 38.4 Å². The zero-order valence-electron chi connectivity index (χ0n) is 11.0. The van der Waals surface area contributed by atoms with Gasteiger partial charge in [-0.1, -0.05) is 11.6 Å². The van der Waals surface area contributed by atoms with Gasteiger partial charge in [0.2, 0.25) is 0 Å². The summed E-state index contributed by atoms with van der Waals surface area (Å²) < 4.78 is 0. The lowest BCUT2D eigenvalue weighted by atomic mass is 9.98. The summed E-state index contributed by atoms with van der Waals surface area (Å²) in [5.74, 6) is -0.903. The van der Waals surface area contributed by atoms with E-state index in [9.17, 15) is 20.0 Å². The van der Waals surface area contributed by atoms with Crippen LogP contribution in [0.4, 0.5) is 5.69 Å². The summed E-state index contributed by atoms with van der Waals surface area (Å²) in [6, 6.07) is 4.34. The van der Waals surface area contributed by atoms with Crippen LogP contribution in [0.5, 0.6) is 0 Å². The molecule has 1 aliphatic heterocycles. The minimum absolute atomic E-state index is 0.0333. The summed E-state index contributed by atoms with van der Waals surface area (Å²) in [7, 11) is 0. The Labute approximate surface area is 121 Å². The Bertz CT molecular complexity index is 563. The van der Waals surface area contributed by atoms with Crippen molar-refractivity contribution in [2.75, 3.05) is 6.54 Å². The lowest BCUT2D eigenvalue weighted by Crippen LogP contribution is -2.47. The number of hydrogen-bond acceptors (Lipinski definition) is 4. The Morgan fingerprint density at radius 3 is 2.90 bits per heavy atom. The van der Waals surface area contributed by atoms with Crippen LogP contribution in [-0.2, 0) is 11.3 Å². The molecule has 1 N–H and O–H groups in total. The second-order valence-corrected chi connectivity index (χ2v) is 5.57. The van der Waals surface area contributed by atoms with Crippen LogP contribution in [0, 0.1) is 10.1 Å². The van der Waals surface area contributed by atoms with Crippen LogP contribution in [0.2, 0.25) is 5.02 Å². The van der Waals surface area contributed by atoms with Crippen molar-refractivity contribution in [2.24, 2.45) is 0 Å². The van der Waals surface area contributed by atoms with Gasteiger partial charge in [0.25, 0.3) is 5.69 Å². The Balaban J connectivity index is 2.32. The Morgan fingerprint density at radius 2 is 2.30 bits per heavy atom. The second kappa shape index (κ2) is 5.38. The first-order valence-electron chi connectivity index (χ1n) is 6.26. The van der Waals surface area contributed by atoms with Gasteiger partial charge in [0.1, 0.15) is 5.54 Å². The molecule has 0 aromatic heterocycles. The molecule has 1 saturated heterocycles. The number of carboxylic acid groups (broad SMARTS) is 1. The zero-order chi connectivity index (χ0) is 14.9. The van der Waals surface area contributed by atoms with E-state index in [1.54, 1.807) is 11.8 Å². The van der Waals surface area contributed by atoms with Crippen LogP contribution < -0.4 is 0 Å². The fourth-order valence-electron chi connectivity index (χ4n) is 2.58. The van der Waals surface area contributed by atoms with Gasteiger partial charge in [0, 0.05) is 23.2 Å². The average Bonchev–Trinajstić information content (AvgIpc) is 2.72. The van der Waals surface area contributed by atoms with Crippen LogP contribution in [0.15, 0.2) is 18.2 Å². The fourth-order valence-corrected chi connectivity index (χ4v) is 2.77. The lowest BCUT2D eigenvalue weighted by Gasteiger charge is -2.31. The third-order valence-electron chi connectivity index (χ3n) is 3.85. The van der Waals surface area contributed by atoms with E-state index < -0.39 is 16.4 Å². The predicted molar refractivity (Wildman–Crippen MR) is 73.8 cm³/mol. The summed E-state index contributed by atoms with van der Waals surface area (Å²) in [6.45, 7) is 2.46. The molecule has 6 nitrogen and oxygen atoms in total. The smallest absolute Gasteiger partial charge is 0.323 e. The molecule has 1 aliphatic rings. The highest BCUT2D eigenvalue weighted by atomic mass is 35.5. The largest absolute Gasteiger partial charge is 0.480 e. The summed E-state index contributed by atoms with van der Waals surface area (Å²) in [4.78, 5) is 23.7. The molecule has 0 amide bonds. The minimum atomic E-state index is -0.976. The van der Waals surface area contributed by atoms with Crippen molar-refractivity contribution in [2.45, 2.75) is 31.8 Å². The summed E-state index contributed by atoms with van der Waals surface area (Å²) in [6.07, 6.45) is 1.30. The van der Waals surface area contributed by atoms with Gasteiger partial charge in [-0.2, -0.15) is 0 Å². The number of aliphatic carboxylic acids is 1. The van der Waals surface area contributed by atoms with Crippen molar-refractivity contribution < 1.29 is 14.8 Å². The zero-order valence-corrected chi connectivity index (χ0v) is 11.8. The van der Waals surface area contributed by atoms with Gasteiger partial charge < -0.3 is 5.11 Å². The number of nitro groups is 1. The van der Waals surface area contributed by atoms with Gasteiger partial charge in [-0.25, -0.2) is 0 Å². The summed E-state index contributed by atoms with van der Waals surface area (Å²) in [5.41, 5.74) is -0.568. The molecule has 0 aliphatic carbocycles. The number of carbonyl (C=O) groups is 1. The SMILES string of the molecule is CC1(C(=O)O)CCCN1Cc1cc(Cl)ccc1[N+](=O)[O-]. The van der Waals surface area contributed by atoms with Crippen molar-refractivity contribution in [3.63, 3.8) is 0 Å². The average molecular weight is 299 g/mol. The number of nitrogens with zero attached hydrogens (tertiary/aromatic N) is 2.